The summed E-state index contributed by atoms with van der Waals surface area (Å²) in [7, 11) is 1.37. The molecule has 13 heteroatoms. The first-order valence-electron chi connectivity index (χ1n) is 13.1. The van der Waals surface area contributed by atoms with Gasteiger partial charge in [0.05, 0.1) is 13.2 Å². The van der Waals surface area contributed by atoms with Gasteiger partial charge in [-0.1, -0.05) is 55.8 Å². The van der Waals surface area contributed by atoms with E-state index in [1.165, 1.54) is 51.4 Å². The molecular weight excluding hydrogens is 589 g/mol. The Bertz CT molecular complexity index is 1450. The van der Waals surface area contributed by atoms with Crippen molar-refractivity contribution in [3.63, 3.8) is 0 Å². The van der Waals surface area contributed by atoms with Crippen molar-refractivity contribution in [3.05, 3.63) is 94.8 Å². The van der Waals surface area contributed by atoms with Crippen LogP contribution in [0.4, 0.5) is 13.2 Å². The van der Waals surface area contributed by atoms with Gasteiger partial charge >= 0.3 is 6.18 Å². The Morgan fingerprint density at radius 3 is 2.23 bits per heavy atom. The molecule has 0 bridgehead atoms. The summed E-state index contributed by atoms with van der Waals surface area (Å²) in [5.74, 6) is -5.34. The number of Topliss-reactive ketones (excluding diaryl/α,β-unsaturated/α-hetero) is 1. The van der Waals surface area contributed by atoms with Crippen molar-refractivity contribution < 1.29 is 37.1 Å². The topological polar surface area (TPSA) is 126 Å². The van der Waals surface area contributed by atoms with Crippen molar-refractivity contribution in [3.8, 4) is 5.75 Å². The van der Waals surface area contributed by atoms with Gasteiger partial charge in [-0.3, -0.25) is 24.2 Å². The Morgan fingerprint density at radius 1 is 0.907 bits per heavy atom. The summed E-state index contributed by atoms with van der Waals surface area (Å²) in [5, 5.41) is 7.66. The van der Waals surface area contributed by atoms with E-state index >= 15 is 0 Å². The van der Waals surface area contributed by atoms with Crippen LogP contribution in [0.3, 0.4) is 0 Å². The minimum Gasteiger partial charge on any atom is -0.497 e. The van der Waals surface area contributed by atoms with Crippen LogP contribution in [0.2, 0.25) is 5.02 Å². The normalized spacial score (nSPS) is 13.4. The molecule has 3 atom stereocenters. The average Bonchev–Trinajstić information content (AvgIpc) is 2.97. The minimum atomic E-state index is -5.20. The zero-order valence-corrected chi connectivity index (χ0v) is 24.2. The molecule has 1 heterocycles. The number of rotatable bonds is 12. The molecule has 0 saturated carbocycles. The number of methoxy groups -OCH3 is 1. The number of alkyl halides is 3. The summed E-state index contributed by atoms with van der Waals surface area (Å²) in [6.07, 6.45) is -3.86. The summed E-state index contributed by atoms with van der Waals surface area (Å²) in [6, 6.07) is 12.4. The predicted octanol–water partition coefficient (Wildman–Crippen LogP) is 4.21. The number of benzene rings is 2. The van der Waals surface area contributed by atoms with Gasteiger partial charge in [0.1, 0.15) is 23.5 Å². The van der Waals surface area contributed by atoms with Crippen LogP contribution in [0.25, 0.3) is 0 Å². The Kier molecular flexibility index (Phi) is 11.2. The lowest BCUT2D eigenvalue weighted by Crippen LogP contribution is -2.55. The second-order valence-corrected chi connectivity index (χ2v) is 10.3. The lowest BCUT2D eigenvalue weighted by atomic mass is 9.97. The Morgan fingerprint density at radius 2 is 1.63 bits per heavy atom. The molecule has 0 spiro atoms. The smallest absolute Gasteiger partial charge is 0.452 e. The third-order valence-corrected chi connectivity index (χ3v) is 6.59. The summed E-state index contributed by atoms with van der Waals surface area (Å²) in [6.45, 7) is 2.70. The van der Waals surface area contributed by atoms with E-state index < -0.39 is 53.7 Å². The number of aromatic nitrogens is 1. The first-order chi connectivity index (χ1) is 20.3. The standard InChI is InChI=1S/C30H30ClF3N4O5/c1-17(2)24(26(39)30(32,33)34)37-29(42)25(19-9-7-11-21(16-19)43-3)38-28(41)23(15-18-8-6-10-20(31)14-18)36-27(40)22-12-4-5-13-35-22/h4-14,16-17,23-25H,15H2,1-3H3,(H,36,40)(H,37,42)(H,38,41)/t23-,24-,25-/m0/s1. The summed E-state index contributed by atoms with van der Waals surface area (Å²) < 4.78 is 45.1. The van der Waals surface area contributed by atoms with Crippen molar-refractivity contribution in [1.29, 1.82) is 0 Å². The number of pyridine rings is 1. The van der Waals surface area contributed by atoms with Crippen LogP contribution in [0, 0.1) is 5.92 Å². The molecule has 2 aromatic carbocycles. The van der Waals surface area contributed by atoms with Gasteiger partial charge < -0.3 is 20.7 Å². The molecule has 0 aliphatic carbocycles. The number of ether oxygens (including phenoxy) is 1. The third kappa shape index (κ3) is 9.27. The zero-order chi connectivity index (χ0) is 31.7. The summed E-state index contributed by atoms with van der Waals surface area (Å²) >= 11 is 6.11. The number of halogens is 4. The SMILES string of the molecule is COc1cccc([C@H](NC(=O)[C@H](Cc2cccc(Cl)c2)NC(=O)c2ccccn2)C(=O)N[C@H](C(=O)C(F)(F)F)C(C)C)c1. The van der Waals surface area contributed by atoms with Gasteiger partial charge in [-0.05, 0) is 53.4 Å². The van der Waals surface area contributed by atoms with E-state index in [9.17, 15) is 32.3 Å². The maximum atomic E-state index is 13.7. The van der Waals surface area contributed by atoms with E-state index in [1.807, 2.05) is 0 Å². The molecule has 0 saturated heterocycles. The van der Waals surface area contributed by atoms with Crippen molar-refractivity contribution in [2.45, 2.75) is 44.6 Å². The molecule has 3 rings (SSSR count). The monoisotopic (exact) mass is 618 g/mol. The van der Waals surface area contributed by atoms with Gasteiger partial charge in [0.25, 0.3) is 11.7 Å². The molecule has 0 fully saturated rings. The van der Waals surface area contributed by atoms with Gasteiger partial charge in [-0.15, -0.1) is 0 Å². The van der Waals surface area contributed by atoms with Crippen molar-refractivity contribution in [1.82, 2.24) is 20.9 Å². The van der Waals surface area contributed by atoms with Crippen molar-refractivity contribution in [2.24, 2.45) is 5.92 Å². The molecule has 0 aliphatic rings. The third-order valence-electron chi connectivity index (χ3n) is 6.35. The van der Waals surface area contributed by atoms with Crippen molar-refractivity contribution >= 4 is 35.1 Å². The highest BCUT2D eigenvalue weighted by atomic mass is 35.5. The van der Waals surface area contributed by atoms with Crippen LogP contribution in [0.15, 0.2) is 72.9 Å². The molecule has 3 N–H and O–H groups in total. The quantitative estimate of drug-likeness (QED) is 0.279. The molecule has 228 valence electrons. The average molecular weight is 619 g/mol. The lowest BCUT2D eigenvalue weighted by molar-refractivity contribution is -0.175. The molecule has 3 aromatic rings. The van der Waals surface area contributed by atoms with Gasteiger partial charge in [-0.2, -0.15) is 13.2 Å². The van der Waals surface area contributed by atoms with E-state index in [0.717, 1.165) is 0 Å². The van der Waals surface area contributed by atoms with E-state index in [1.54, 1.807) is 42.5 Å². The highest BCUT2D eigenvalue weighted by Gasteiger charge is 2.45. The number of amides is 3. The highest BCUT2D eigenvalue weighted by Crippen LogP contribution is 2.24. The Hall–Kier alpha value is -4.45. The van der Waals surface area contributed by atoms with E-state index in [4.69, 9.17) is 16.3 Å². The van der Waals surface area contributed by atoms with Gasteiger partial charge in [-0.25, -0.2) is 0 Å². The van der Waals surface area contributed by atoms with E-state index in [-0.39, 0.29) is 17.7 Å². The number of nitrogens with one attached hydrogen (secondary N) is 3. The number of hydrogen-bond donors (Lipinski definition) is 3. The Labute approximate surface area is 251 Å². The van der Waals surface area contributed by atoms with Gasteiger partial charge in [0.2, 0.25) is 11.8 Å². The molecule has 0 aliphatic heterocycles. The first-order valence-corrected chi connectivity index (χ1v) is 13.5. The van der Waals surface area contributed by atoms with Crippen LogP contribution < -0.4 is 20.7 Å². The van der Waals surface area contributed by atoms with Crippen LogP contribution in [-0.2, 0) is 20.8 Å². The van der Waals surface area contributed by atoms with Crippen molar-refractivity contribution in [2.75, 3.05) is 7.11 Å². The molecule has 0 radical (unpaired) electrons. The summed E-state index contributed by atoms with van der Waals surface area (Å²) in [5.41, 5.74) is 0.760. The maximum Gasteiger partial charge on any atom is 0.452 e. The second-order valence-electron chi connectivity index (χ2n) is 9.89. The molecule has 9 nitrogen and oxygen atoms in total. The fourth-order valence-electron chi connectivity index (χ4n) is 4.15. The molecule has 0 unspecified atom stereocenters. The van der Waals surface area contributed by atoms with Gasteiger partial charge in [0.15, 0.2) is 0 Å². The Balaban J connectivity index is 1.97. The minimum absolute atomic E-state index is 0.0268. The van der Waals surface area contributed by atoms with Crippen LogP contribution in [0.5, 0.6) is 5.75 Å². The van der Waals surface area contributed by atoms with E-state index in [0.29, 0.717) is 16.3 Å². The molecule has 43 heavy (non-hydrogen) atoms. The maximum absolute atomic E-state index is 13.7. The highest BCUT2D eigenvalue weighted by molar-refractivity contribution is 6.30. The molecule has 3 amide bonds. The van der Waals surface area contributed by atoms with Crippen LogP contribution in [0.1, 0.15) is 41.5 Å². The summed E-state index contributed by atoms with van der Waals surface area (Å²) in [4.78, 5) is 56.3. The van der Waals surface area contributed by atoms with Crippen LogP contribution >= 0.6 is 11.6 Å². The number of ketones is 1. The fraction of sp³-hybridized carbons (Fsp3) is 0.300. The lowest BCUT2D eigenvalue weighted by Gasteiger charge is -2.27. The largest absolute Gasteiger partial charge is 0.497 e. The molecular formula is C30H30ClF3N4O5. The molecule has 1 aromatic heterocycles. The van der Waals surface area contributed by atoms with E-state index in [2.05, 4.69) is 20.9 Å². The first kappa shape index (κ1) is 33.1. The number of nitrogens with zero attached hydrogens (tertiary/aromatic N) is 1. The fourth-order valence-corrected chi connectivity index (χ4v) is 4.36. The van der Waals surface area contributed by atoms with Gasteiger partial charge in [0, 0.05) is 17.6 Å². The number of carbonyl (C=O) groups is 4. The predicted molar refractivity (Wildman–Crippen MR) is 152 cm³/mol. The second kappa shape index (κ2) is 14.6. The zero-order valence-electron chi connectivity index (χ0n) is 23.4. The number of hydrogen-bond acceptors (Lipinski definition) is 6. The number of carbonyl (C=O) groups excluding carboxylic acids is 4. The van der Waals surface area contributed by atoms with Crippen LogP contribution in [-0.4, -0.2) is 53.9 Å².